The van der Waals surface area contributed by atoms with E-state index in [1.165, 1.54) is 30.1 Å². The topological polar surface area (TPSA) is 92.1 Å². The highest BCUT2D eigenvalue weighted by atomic mass is 35.5. The van der Waals surface area contributed by atoms with E-state index in [-0.39, 0.29) is 41.7 Å². The van der Waals surface area contributed by atoms with Crippen LogP contribution in [0.5, 0.6) is 5.75 Å². The molecule has 1 fully saturated rings. The summed E-state index contributed by atoms with van der Waals surface area (Å²) in [6.07, 6.45) is 0.281. The van der Waals surface area contributed by atoms with Gasteiger partial charge in [-0.1, -0.05) is 17.7 Å². The van der Waals surface area contributed by atoms with Crippen LogP contribution in [0.1, 0.15) is 32.0 Å². The Morgan fingerprint density at radius 3 is 2.61 bits per heavy atom. The van der Waals surface area contributed by atoms with Gasteiger partial charge in [0.25, 0.3) is 17.4 Å². The zero-order valence-corrected chi connectivity index (χ0v) is 17.6. The van der Waals surface area contributed by atoms with Gasteiger partial charge in [-0.2, -0.15) is 0 Å². The van der Waals surface area contributed by atoms with Crippen LogP contribution in [0.3, 0.4) is 0 Å². The van der Waals surface area contributed by atoms with Crippen LogP contribution >= 0.6 is 11.6 Å². The maximum atomic E-state index is 13.4. The van der Waals surface area contributed by atoms with Crippen molar-refractivity contribution in [2.45, 2.75) is 13.0 Å². The first-order valence-electron chi connectivity index (χ1n) is 9.84. The SMILES string of the molecule is Cn1c(C(=O)N2CCOCC2)c2c(c(O)c1=O)C(=O)N(Cc1ccc(F)c(Cl)c1)CC2. The van der Waals surface area contributed by atoms with Gasteiger partial charge in [-0.3, -0.25) is 14.4 Å². The molecule has 0 saturated carbocycles. The zero-order chi connectivity index (χ0) is 22.3. The fourth-order valence-corrected chi connectivity index (χ4v) is 4.21. The molecule has 1 aromatic carbocycles. The smallest absolute Gasteiger partial charge is 0.293 e. The van der Waals surface area contributed by atoms with Gasteiger partial charge in [-0.05, 0) is 24.1 Å². The maximum Gasteiger partial charge on any atom is 0.293 e. The van der Waals surface area contributed by atoms with Gasteiger partial charge in [-0.15, -0.1) is 0 Å². The fourth-order valence-electron chi connectivity index (χ4n) is 4.01. The Balaban J connectivity index is 1.72. The highest BCUT2D eigenvalue weighted by molar-refractivity contribution is 6.30. The Labute approximate surface area is 182 Å². The third kappa shape index (κ3) is 3.79. The molecule has 1 saturated heterocycles. The molecule has 0 aliphatic carbocycles. The van der Waals surface area contributed by atoms with E-state index in [0.29, 0.717) is 37.4 Å². The molecule has 3 heterocycles. The summed E-state index contributed by atoms with van der Waals surface area (Å²) in [5, 5.41) is 10.4. The lowest BCUT2D eigenvalue weighted by Crippen LogP contribution is -2.45. The summed E-state index contributed by atoms with van der Waals surface area (Å²) in [5.74, 6) is -2.17. The van der Waals surface area contributed by atoms with Crippen LogP contribution in [0.25, 0.3) is 0 Å². The van der Waals surface area contributed by atoms with Crippen molar-refractivity contribution >= 4 is 23.4 Å². The van der Waals surface area contributed by atoms with Crippen molar-refractivity contribution in [3.05, 3.63) is 61.8 Å². The number of fused-ring (bicyclic) bond motifs is 1. The number of morpholine rings is 1. The summed E-state index contributed by atoms with van der Waals surface area (Å²) in [4.78, 5) is 42.0. The summed E-state index contributed by atoms with van der Waals surface area (Å²) >= 11 is 5.83. The summed E-state index contributed by atoms with van der Waals surface area (Å²) in [6, 6.07) is 4.16. The second-order valence-electron chi connectivity index (χ2n) is 7.54. The molecule has 10 heteroatoms. The molecular weight excluding hydrogens is 429 g/mol. The van der Waals surface area contributed by atoms with E-state index in [1.807, 2.05) is 0 Å². The van der Waals surface area contributed by atoms with E-state index >= 15 is 0 Å². The van der Waals surface area contributed by atoms with Gasteiger partial charge in [0.15, 0.2) is 5.75 Å². The van der Waals surface area contributed by atoms with Crippen molar-refractivity contribution in [1.82, 2.24) is 14.4 Å². The minimum absolute atomic E-state index is 0.0579. The Morgan fingerprint density at radius 1 is 1.23 bits per heavy atom. The van der Waals surface area contributed by atoms with Crippen molar-refractivity contribution < 1.29 is 23.8 Å². The van der Waals surface area contributed by atoms with Crippen LogP contribution in [0.15, 0.2) is 23.0 Å². The molecule has 0 unspecified atom stereocenters. The monoisotopic (exact) mass is 449 g/mol. The molecule has 0 spiro atoms. The van der Waals surface area contributed by atoms with E-state index in [1.54, 1.807) is 4.90 Å². The number of hydrogen-bond donors (Lipinski definition) is 1. The number of rotatable bonds is 3. The number of halogens is 2. The zero-order valence-electron chi connectivity index (χ0n) is 16.9. The Morgan fingerprint density at radius 2 is 1.94 bits per heavy atom. The van der Waals surface area contributed by atoms with Gasteiger partial charge in [0.05, 0.1) is 23.8 Å². The quantitative estimate of drug-likeness (QED) is 0.767. The first-order valence-corrected chi connectivity index (χ1v) is 10.2. The van der Waals surface area contributed by atoms with Crippen molar-refractivity contribution in [2.24, 2.45) is 7.05 Å². The Hall–Kier alpha value is -2.91. The van der Waals surface area contributed by atoms with E-state index in [9.17, 15) is 23.9 Å². The second kappa shape index (κ2) is 8.32. The highest BCUT2D eigenvalue weighted by Crippen LogP contribution is 2.29. The van der Waals surface area contributed by atoms with E-state index < -0.39 is 23.0 Å². The normalized spacial score (nSPS) is 16.4. The van der Waals surface area contributed by atoms with Gasteiger partial charge in [0, 0.05) is 38.8 Å². The number of aromatic nitrogens is 1. The number of benzene rings is 1. The Bertz CT molecular complexity index is 1130. The molecule has 0 radical (unpaired) electrons. The third-order valence-electron chi connectivity index (χ3n) is 5.66. The molecule has 2 amide bonds. The molecule has 164 valence electrons. The maximum absolute atomic E-state index is 13.4. The molecule has 31 heavy (non-hydrogen) atoms. The molecule has 0 atom stereocenters. The van der Waals surface area contributed by atoms with E-state index in [4.69, 9.17) is 16.3 Å². The number of pyridine rings is 1. The first-order chi connectivity index (χ1) is 14.8. The Kier molecular flexibility index (Phi) is 5.72. The summed E-state index contributed by atoms with van der Waals surface area (Å²) < 4.78 is 19.8. The lowest BCUT2D eigenvalue weighted by atomic mass is 9.95. The summed E-state index contributed by atoms with van der Waals surface area (Å²) in [5.41, 5.74) is 0.109. The molecule has 2 aromatic rings. The number of carbonyl (C=O) groups excluding carboxylic acids is 2. The molecule has 1 N–H and O–H groups in total. The van der Waals surface area contributed by atoms with E-state index in [2.05, 4.69) is 0 Å². The minimum Gasteiger partial charge on any atom is -0.502 e. The molecule has 8 nitrogen and oxygen atoms in total. The molecule has 4 rings (SSSR count). The number of ether oxygens (including phenoxy) is 1. The van der Waals surface area contributed by atoms with Crippen molar-refractivity contribution in [2.75, 3.05) is 32.8 Å². The second-order valence-corrected chi connectivity index (χ2v) is 7.95. The number of amides is 2. The van der Waals surface area contributed by atoms with Gasteiger partial charge >= 0.3 is 0 Å². The lowest BCUT2D eigenvalue weighted by molar-refractivity contribution is 0.0294. The van der Waals surface area contributed by atoms with E-state index in [0.717, 1.165) is 4.57 Å². The van der Waals surface area contributed by atoms with Gasteiger partial charge in [-0.25, -0.2) is 4.39 Å². The average molecular weight is 450 g/mol. The number of nitrogens with zero attached hydrogens (tertiary/aromatic N) is 3. The summed E-state index contributed by atoms with van der Waals surface area (Å²) in [7, 11) is 1.41. The van der Waals surface area contributed by atoms with Gasteiger partial charge in [0.1, 0.15) is 11.5 Å². The average Bonchev–Trinajstić information content (AvgIpc) is 2.77. The summed E-state index contributed by atoms with van der Waals surface area (Å²) in [6.45, 7) is 1.95. The molecular formula is C21H21ClFN3O5. The number of hydrogen-bond acceptors (Lipinski definition) is 5. The van der Waals surface area contributed by atoms with Crippen LogP contribution in [0.2, 0.25) is 5.02 Å². The van der Waals surface area contributed by atoms with Crippen LogP contribution in [-0.4, -0.2) is 64.1 Å². The largest absolute Gasteiger partial charge is 0.502 e. The fraction of sp³-hybridized carbons (Fsp3) is 0.381. The highest BCUT2D eigenvalue weighted by Gasteiger charge is 2.35. The van der Waals surface area contributed by atoms with Crippen molar-refractivity contribution in [1.29, 1.82) is 0 Å². The third-order valence-corrected chi connectivity index (χ3v) is 5.95. The molecule has 0 bridgehead atoms. The van der Waals surface area contributed by atoms with Gasteiger partial charge < -0.3 is 24.2 Å². The first kappa shape index (κ1) is 21.3. The predicted molar refractivity (Wildman–Crippen MR) is 110 cm³/mol. The van der Waals surface area contributed by atoms with Crippen LogP contribution in [0.4, 0.5) is 4.39 Å². The number of aromatic hydroxyl groups is 1. The minimum atomic E-state index is -0.810. The molecule has 2 aliphatic rings. The van der Waals surface area contributed by atoms with Crippen LogP contribution in [-0.2, 0) is 24.8 Å². The molecule has 2 aliphatic heterocycles. The van der Waals surface area contributed by atoms with Crippen molar-refractivity contribution in [3.63, 3.8) is 0 Å². The standard InChI is InChI=1S/C21H21ClFN3O5/c1-24-17(20(29)25-6-8-31-9-7-25)13-4-5-26(19(28)16(13)18(27)21(24)30)11-12-2-3-15(23)14(22)10-12/h2-3,10,27H,4-9,11H2,1H3. The van der Waals surface area contributed by atoms with Crippen molar-refractivity contribution in [3.8, 4) is 5.75 Å². The van der Waals surface area contributed by atoms with Crippen LogP contribution in [0, 0.1) is 5.82 Å². The number of carbonyl (C=O) groups is 2. The molecule has 1 aromatic heterocycles. The predicted octanol–water partition coefficient (Wildman–Crippen LogP) is 1.55. The van der Waals surface area contributed by atoms with Gasteiger partial charge in [0.2, 0.25) is 0 Å². The lowest BCUT2D eigenvalue weighted by Gasteiger charge is -2.33. The van der Waals surface area contributed by atoms with Crippen LogP contribution < -0.4 is 5.56 Å².